The molecule has 7 rings (SSSR count). The topological polar surface area (TPSA) is 131 Å². The number of esters is 1. The first-order valence-electron chi connectivity index (χ1n) is 13.4. The molecule has 3 atom stereocenters. The molecule has 3 N–H and O–H groups in total. The van der Waals surface area contributed by atoms with Gasteiger partial charge < -0.3 is 24.8 Å². The number of hydrogen-bond donors (Lipinski definition) is 3. The van der Waals surface area contributed by atoms with Gasteiger partial charge in [-0.3, -0.25) is 9.59 Å². The van der Waals surface area contributed by atoms with Gasteiger partial charge in [-0.05, 0) is 67.7 Å². The fraction of sp³-hybridized carbons (Fsp3) is 0.448. The van der Waals surface area contributed by atoms with Crippen LogP contribution >= 0.6 is 0 Å². The van der Waals surface area contributed by atoms with Crippen LogP contribution in [0.2, 0.25) is 0 Å². The molecule has 0 saturated heterocycles. The molecule has 2 aliphatic heterocycles. The molecule has 0 radical (unpaired) electrons. The van der Waals surface area contributed by atoms with E-state index in [1.54, 1.807) is 19.9 Å². The number of pyridine rings is 2. The lowest BCUT2D eigenvalue weighted by atomic mass is 9.81. The Labute approximate surface area is 222 Å². The first-order chi connectivity index (χ1) is 18.6. The lowest BCUT2D eigenvalue weighted by Gasteiger charge is -2.31. The number of halogens is 1. The van der Waals surface area contributed by atoms with Crippen molar-refractivity contribution < 1.29 is 28.9 Å². The second kappa shape index (κ2) is 8.19. The van der Waals surface area contributed by atoms with Crippen molar-refractivity contribution in [3.05, 3.63) is 61.7 Å². The van der Waals surface area contributed by atoms with Gasteiger partial charge >= 0.3 is 5.97 Å². The van der Waals surface area contributed by atoms with Crippen molar-refractivity contribution in [2.75, 3.05) is 0 Å². The average Bonchev–Trinajstić information content (AvgIpc) is 3.71. The van der Waals surface area contributed by atoms with E-state index in [1.165, 1.54) is 10.6 Å². The highest BCUT2D eigenvalue weighted by atomic mass is 19.1. The third kappa shape index (κ3) is 3.31. The highest BCUT2D eigenvalue weighted by molar-refractivity contribution is 5.94. The summed E-state index contributed by atoms with van der Waals surface area (Å²) in [5.74, 6) is -1.65. The van der Waals surface area contributed by atoms with Crippen LogP contribution in [0.25, 0.3) is 22.3 Å². The zero-order valence-corrected chi connectivity index (χ0v) is 21.6. The molecular weight excluding hydrogens is 505 g/mol. The predicted octanol–water partition coefficient (Wildman–Crippen LogP) is 2.40. The number of aliphatic hydroxyl groups excluding tert-OH is 1. The van der Waals surface area contributed by atoms with Crippen molar-refractivity contribution in [2.45, 2.75) is 76.9 Å². The maximum atomic E-state index is 15.0. The van der Waals surface area contributed by atoms with E-state index in [4.69, 9.17) is 9.72 Å². The molecule has 1 amide bonds. The van der Waals surface area contributed by atoms with Crippen LogP contribution in [0.15, 0.2) is 16.9 Å². The predicted molar refractivity (Wildman–Crippen MR) is 137 cm³/mol. The number of aromatic nitrogens is 2. The summed E-state index contributed by atoms with van der Waals surface area (Å²) in [7, 11) is 0. The monoisotopic (exact) mass is 533 g/mol. The number of aliphatic hydroxyl groups is 2. The second-order valence-electron chi connectivity index (χ2n) is 11.2. The van der Waals surface area contributed by atoms with Gasteiger partial charge in [0.05, 0.1) is 35.1 Å². The maximum absolute atomic E-state index is 15.0. The Hall–Kier alpha value is -3.63. The number of carbonyl (C=O) groups excluding carboxylic acids is 2. The molecular formula is C29H28FN3O6. The minimum atomic E-state index is -1.96. The van der Waals surface area contributed by atoms with Crippen molar-refractivity contribution in [1.82, 2.24) is 14.9 Å². The van der Waals surface area contributed by atoms with Gasteiger partial charge in [0.15, 0.2) is 5.60 Å². The molecule has 4 aliphatic rings. The number of fused-ring (bicyclic) bond motifs is 5. The summed E-state index contributed by atoms with van der Waals surface area (Å²) in [5, 5.41) is 25.4. The van der Waals surface area contributed by atoms with Gasteiger partial charge in [-0.15, -0.1) is 0 Å². The number of benzene rings is 1. The fourth-order valence-corrected chi connectivity index (χ4v) is 6.58. The lowest BCUT2D eigenvalue weighted by Crippen LogP contribution is -2.44. The van der Waals surface area contributed by atoms with E-state index in [-0.39, 0.29) is 48.0 Å². The summed E-state index contributed by atoms with van der Waals surface area (Å²) in [4.78, 5) is 44.0. The number of nitrogens with zero attached hydrogens (tertiary/aromatic N) is 2. The highest BCUT2D eigenvalue weighted by Gasteiger charge is 2.46. The van der Waals surface area contributed by atoms with Crippen molar-refractivity contribution in [3.8, 4) is 11.4 Å². The van der Waals surface area contributed by atoms with Crippen LogP contribution < -0.4 is 10.9 Å². The molecule has 2 aliphatic carbocycles. The quantitative estimate of drug-likeness (QED) is 0.344. The van der Waals surface area contributed by atoms with Crippen LogP contribution in [0.5, 0.6) is 0 Å². The molecule has 1 aromatic carbocycles. The SMILES string of the molecule is CC[C@@]1(O)C(=O)OCc2c1cc1n(c2=O)Cc2c-1nc1cc(F)c(C)c3c1c2[C@H](NC(=O)[C@H](O)C1CC1)CC3. The van der Waals surface area contributed by atoms with E-state index in [0.717, 1.165) is 34.9 Å². The zero-order valence-electron chi connectivity index (χ0n) is 21.6. The number of ether oxygens (including phenoxy) is 1. The van der Waals surface area contributed by atoms with Crippen LogP contribution in [0.4, 0.5) is 4.39 Å². The minimum Gasteiger partial charge on any atom is -0.458 e. The molecule has 39 heavy (non-hydrogen) atoms. The summed E-state index contributed by atoms with van der Waals surface area (Å²) in [6.45, 7) is 3.30. The number of amides is 1. The number of hydrogen-bond acceptors (Lipinski definition) is 7. The largest absolute Gasteiger partial charge is 0.458 e. The molecule has 10 heteroatoms. The van der Waals surface area contributed by atoms with Gasteiger partial charge in [-0.2, -0.15) is 0 Å². The van der Waals surface area contributed by atoms with Gasteiger partial charge in [0, 0.05) is 22.6 Å². The van der Waals surface area contributed by atoms with Crippen LogP contribution in [0.3, 0.4) is 0 Å². The smallest absolute Gasteiger partial charge is 0.343 e. The summed E-state index contributed by atoms with van der Waals surface area (Å²) in [6.07, 6.45) is 1.61. The first-order valence-corrected chi connectivity index (χ1v) is 13.4. The van der Waals surface area contributed by atoms with Crippen LogP contribution in [0.1, 0.15) is 72.0 Å². The zero-order chi connectivity index (χ0) is 27.4. The standard InChI is InChI=1S/C29H28FN3O6/c1-3-29(38)17-8-21-24-15(10-33(21)27(36)16(17)11-39-28(29)37)23-19(32-26(35)25(34)13-4-5-13)7-6-14-12(2)18(30)9-20(31-24)22(14)23/h8-9,13,19,25,34,38H,3-7,10-11H2,1-2H3,(H,32,35)/t19-,25-,29+/m1/s1. The fourth-order valence-electron chi connectivity index (χ4n) is 6.58. The molecule has 4 heterocycles. The third-order valence-electron chi connectivity index (χ3n) is 9.03. The normalized spacial score (nSPS) is 23.6. The van der Waals surface area contributed by atoms with Crippen LogP contribution in [-0.2, 0) is 39.5 Å². The van der Waals surface area contributed by atoms with E-state index >= 15 is 4.39 Å². The molecule has 3 aromatic rings. The summed E-state index contributed by atoms with van der Waals surface area (Å²) in [5.41, 5.74) is 2.21. The molecule has 0 spiro atoms. The molecule has 1 fully saturated rings. The van der Waals surface area contributed by atoms with Gasteiger partial charge in [0.1, 0.15) is 18.5 Å². The highest BCUT2D eigenvalue weighted by Crippen LogP contribution is 2.46. The minimum absolute atomic E-state index is 0.0241. The summed E-state index contributed by atoms with van der Waals surface area (Å²) < 4.78 is 21.7. The van der Waals surface area contributed by atoms with Crippen LogP contribution in [0, 0.1) is 18.7 Å². The number of cyclic esters (lactones) is 1. The Morgan fingerprint density at radius 3 is 2.74 bits per heavy atom. The number of rotatable bonds is 4. The molecule has 2 aromatic heterocycles. The molecule has 202 valence electrons. The molecule has 9 nitrogen and oxygen atoms in total. The van der Waals surface area contributed by atoms with Gasteiger partial charge in [-0.1, -0.05) is 6.92 Å². The average molecular weight is 534 g/mol. The van der Waals surface area contributed by atoms with Crippen molar-refractivity contribution >= 4 is 22.8 Å². The lowest BCUT2D eigenvalue weighted by molar-refractivity contribution is -0.172. The summed E-state index contributed by atoms with van der Waals surface area (Å²) in [6, 6.07) is 2.54. The second-order valence-corrected chi connectivity index (χ2v) is 11.2. The van der Waals surface area contributed by atoms with E-state index in [2.05, 4.69) is 5.32 Å². The Morgan fingerprint density at radius 1 is 1.26 bits per heavy atom. The first kappa shape index (κ1) is 24.4. The summed E-state index contributed by atoms with van der Waals surface area (Å²) >= 11 is 0. The van der Waals surface area contributed by atoms with Crippen LogP contribution in [-0.4, -0.2) is 37.7 Å². The van der Waals surface area contributed by atoms with E-state index in [9.17, 15) is 24.6 Å². The van der Waals surface area contributed by atoms with Crippen molar-refractivity contribution in [1.29, 1.82) is 0 Å². The van der Waals surface area contributed by atoms with Crippen molar-refractivity contribution in [3.63, 3.8) is 0 Å². The van der Waals surface area contributed by atoms with E-state index < -0.39 is 29.6 Å². The van der Waals surface area contributed by atoms with Gasteiger partial charge in [-0.25, -0.2) is 14.2 Å². The third-order valence-corrected chi connectivity index (χ3v) is 9.03. The maximum Gasteiger partial charge on any atom is 0.343 e. The number of aryl methyl sites for hydroxylation is 1. The molecule has 0 unspecified atom stereocenters. The Bertz CT molecular complexity index is 1690. The Kier molecular flexibility index (Phi) is 5.13. The van der Waals surface area contributed by atoms with Gasteiger partial charge in [0.2, 0.25) is 5.91 Å². The van der Waals surface area contributed by atoms with Gasteiger partial charge in [0.25, 0.3) is 5.56 Å². The molecule has 0 bridgehead atoms. The number of carbonyl (C=O) groups is 2. The Balaban J connectivity index is 1.46. The number of nitrogens with one attached hydrogen (secondary N) is 1. The Morgan fingerprint density at radius 2 is 2.03 bits per heavy atom. The van der Waals surface area contributed by atoms with Crippen molar-refractivity contribution in [2.24, 2.45) is 5.92 Å². The van der Waals surface area contributed by atoms with E-state index in [0.29, 0.717) is 35.3 Å². The molecule has 1 saturated carbocycles. The van der Waals surface area contributed by atoms with E-state index in [1.807, 2.05) is 0 Å².